The first-order chi connectivity index (χ1) is 41.5. The van der Waals surface area contributed by atoms with Crippen LogP contribution in [0.4, 0.5) is 0 Å². The maximum atomic E-state index is 12.6. The molecule has 0 aliphatic heterocycles. The van der Waals surface area contributed by atoms with Crippen LogP contribution in [0.25, 0.3) is 0 Å². The highest BCUT2D eigenvalue weighted by atomic mass is 16.5. The minimum absolute atomic E-state index is 0.0165. The highest BCUT2D eigenvalue weighted by Crippen LogP contribution is 2.20. The van der Waals surface area contributed by atoms with Gasteiger partial charge < -0.3 is 20.3 Å². The van der Waals surface area contributed by atoms with Crippen LogP contribution in [0.3, 0.4) is 0 Å². The third-order valence-electron chi connectivity index (χ3n) is 18.3. The van der Waals surface area contributed by atoms with Gasteiger partial charge in [-0.1, -0.05) is 391 Å². The number of aliphatic hydroxyl groups excluding tert-OH is 2. The molecule has 0 bridgehead atoms. The Morgan fingerprint density at radius 2 is 0.595 bits per heavy atom. The molecule has 3 N–H and O–H groups in total. The molecule has 6 nitrogen and oxygen atoms in total. The Balaban J connectivity index is 3.39. The number of hydrogen-bond acceptors (Lipinski definition) is 5. The monoisotopic (exact) mass is 1180 g/mol. The zero-order valence-electron chi connectivity index (χ0n) is 57.2. The summed E-state index contributed by atoms with van der Waals surface area (Å²) < 4.78 is 5.50. The summed E-state index contributed by atoms with van der Waals surface area (Å²) in [6.07, 6.45) is 93.9. The molecule has 2 atom stereocenters. The molecular weight excluding hydrogens is 1030 g/mol. The number of aliphatic hydroxyl groups is 2. The van der Waals surface area contributed by atoms with Crippen LogP contribution in [0, 0.1) is 0 Å². The number of carbonyl (C=O) groups excluding carboxylic acids is 2. The Labute approximate surface area is 526 Å². The summed E-state index contributed by atoms with van der Waals surface area (Å²) >= 11 is 0. The van der Waals surface area contributed by atoms with E-state index in [0.717, 1.165) is 44.9 Å². The molecular formula is C78H151NO5. The smallest absolute Gasteiger partial charge is 0.305 e. The van der Waals surface area contributed by atoms with Crippen molar-refractivity contribution in [2.24, 2.45) is 0 Å². The van der Waals surface area contributed by atoms with Crippen molar-refractivity contribution in [2.75, 3.05) is 13.2 Å². The van der Waals surface area contributed by atoms with Gasteiger partial charge in [0, 0.05) is 12.8 Å². The van der Waals surface area contributed by atoms with E-state index in [9.17, 15) is 19.8 Å². The Bertz CT molecular complexity index is 1320. The molecule has 0 spiro atoms. The molecule has 0 radical (unpaired) electrons. The second-order valence-corrected chi connectivity index (χ2v) is 26.7. The number of amides is 1. The SMILES string of the molecule is CCCCCCCCCCCCCCCCCCCCCCCCC(O)C(CO)NC(=O)CCCCCCCCCCCCCCC/C=C\C/C=C\CCCCCCCCCCCOC(=O)CCCCCCCCCCCCCCCCCC. The van der Waals surface area contributed by atoms with Crippen LogP contribution >= 0.6 is 0 Å². The fourth-order valence-corrected chi connectivity index (χ4v) is 12.4. The molecule has 498 valence electrons. The molecule has 0 aliphatic carbocycles. The maximum Gasteiger partial charge on any atom is 0.305 e. The number of carbonyl (C=O) groups is 2. The molecule has 6 heteroatoms. The zero-order valence-corrected chi connectivity index (χ0v) is 57.2. The van der Waals surface area contributed by atoms with Crippen LogP contribution in [0.1, 0.15) is 438 Å². The summed E-state index contributed by atoms with van der Waals surface area (Å²) in [6, 6.07) is -0.543. The van der Waals surface area contributed by atoms with Crippen molar-refractivity contribution in [1.82, 2.24) is 5.32 Å². The molecule has 1 amide bonds. The van der Waals surface area contributed by atoms with Crippen LogP contribution in [-0.2, 0) is 14.3 Å². The number of hydrogen-bond donors (Lipinski definition) is 3. The molecule has 0 rings (SSSR count). The fraction of sp³-hybridized carbons (Fsp3) is 0.923. The predicted octanol–water partition coefficient (Wildman–Crippen LogP) is 25.3. The molecule has 0 fully saturated rings. The molecule has 0 aliphatic rings. The first kappa shape index (κ1) is 82.3. The Morgan fingerprint density at radius 1 is 0.333 bits per heavy atom. The highest BCUT2D eigenvalue weighted by molar-refractivity contribution is 5.76. The molecule has 0 aromatic heterocycles. The maximum absolute atomic E-state index is 12.6. The van der Waals surface area contributed by atoms with Crippen LogP contribution in [0.15, 0.2) is 24.3 Å². The van der Waals surface area contributed by atoms with Gasteiger partial charge in [0.1, 0.15) is 0 Å². The minimum atomic E-state index is -0.666. The molecule has 0 saturated carbocycles. The summed E-state index contributed by atoms with van der Waals surface area (Å²) in [5, 5.41) is 23.5. The molecule has 0 heterocycles. The summed E-state index contributed by atoms with van der Waals surface area (Å²) in [7, 11) is 0. The van der Waals surface area contributed by atoms with E-state index in [-0.39, 0.29) is 18.5 Å². The van der Waals surface area contributed by atoms with Gasteiger partial charge in [-0.2, -0.15) is 0 Å². The Kier molecular flexibility index (Phi) is 72.3. The van der Waals surface area contributed by atoms with Crippen LogP contribution in [0.5, 0.6) is 0 Å². The van der Waals surface area contributed by atoms with Gasteiger partial charge in [0.2, 0.25) is 5.91 Å². The van der Waals surface area contributed by atoms with E-state index in [1.807, 2.05) is 0 Å². The molecule has 0 aromatic rings. The van der Waals surface area contributed by atoms with Crippen LogP contribution in [0.2, 0.25) is 0 Å². The van der Waals surface area contributed by atoms with Crippen LogP contribution < -0.4 is 5.32 Å². The van der Waals surface area contributed by atoms with Gasteiger partial charge in [0.15, 0.2) is 0 Å². The highest BCUT2D eigenvalue weighted by Gasteiger charge is 2.20. The minimum Gasteiger partial charge on any atom is -0.466 e. The van der Waals surface area contributed by atoms with E-state index in [4.69, 9.17) is 4.74 Å². The standard InChI is InChI=1S/C78H151NO5/c1-3-5-7-9-11-13-15-17-19-21-22-23-33-36-39-42-46-50-54-58-62-66-70-76(81)75(74-80)79-77(82)71-67-63-59-55-51-47-43-40-37-34-31-29-27-25-24-26-28-30-32-35-38-41-45-49-53-57-61-65-69-73-84-78(83)72-68-64-60-56-52-48-44-20-18-16-14-12-10-8-6-4-2/h24,26,30,32,75-76,80-81H,3-23,25,27-29,31,33-74H2,1-2H3,(H,79,82)/b26-24-,32-30-. The third-order valence-corrected chi connectivity index (χ3v) is 18.3. The van der Waals surface area contributed by atoms with Crippen molar-refractivity contribution in [1.29, 1.82) is 0 Å². The molecule has 0 saturated heterocycles. The van der Waals surface area contributed by atoms with Crippen molar-refractivity contribution in [3.05, 3.63) is 24.3 Å². The van der Waals surface area contributed by atoms with E-state index in [1.165, 1.54) is 360 Å². The molecule has 0 aromatic carbocycles. The fourth-order valence-electron chi connectivity index (χ4n) is 12.4. The van der Waals surface area contributed by atoms with Gasteiger partial charge in [-0.15, -0.1) is 0 Å². The number of unbranched alkanes of at least 4 members (excludes halogenated alkanes) is 58. The van der Waals surface area contributed by atoms with Crippen molar-refractivity contribution in [3.63, 3.8) is 0 Å². The Hall–Kier alpha value is -1.66. The number of nitrogens with one attached hydrogen (secondary N) is 1. The first-order valence-electron chi connectivity index (χ1n) is 38.6. The van der Waals surface area contributed by atoms with Crippen molar-refractivity contribution >= 4 is 11.9 Å². The largest absolute Gasteiger partial charge is 0.466 e. The summed E-state index contributed by atoms with van der Waals surface area (Å²) in [5.74, 6) is -0.0143. The van der Waals surface area contributed by atoms with Crippen LogP contribution in [-0.4, -0.2) is 47.4 Å². The summed E-state index contributed by atoms with van der Waals surface area (Å²) in [5.41, 5.74) is 0. The van der Waals surface area contributed by atoms with E-state index < -0.39 is 12.1 Å². The van der Waals surface area contributed by atoms with Crippen molar-refractivity contribution in [3.8, 4) is 0 Å². The second-order valence-electron chi connectivity index (χ2n) is 26.7. The summed E-state index contributed by atoms with van der Waals surface area (Å²) in [6.45, 7) is 5.00. The first-order valence-corrected chi connectivity index (χ1v) is 38.6. The lowest BCUT2D eigenvalue weighted by atomic mass is 10.0. The lowest BCUT2D eigenvalue weighted by Gasteiger charge is -2.22. The average molecular weight is 1180 g/mol. The molecule has 84 heavy (non-hydrogen) atoms. The van der Waals surface area contributed by atoms with Gasteiger partial charge in [0.25, 0.3) is 0 Å². The normalized spacial score (nSPS) is 12.6. The number of rotatable bonds is 73. The van der Waals surface area contributed by atoms with Gasteiger partial charge in [0.05, 0.1) is 25.4 Å². The average Bonchev–Trinajstić information content (AvgIpc) is 3.51. The van der Waals surface area contributed by atoms with Crippen molar-refractivity contribution in [2.45, 2.75) is 450 Å². The van der Waals surface area contributed by atoms with Gasteiger partial charge in [-0.05, 0) is 57.8 Å². The van der Waals surface area contributed by atoms with E-state index >= 15 is 0 Å². The van der Waals surface area contributed by atoms with Gasteiger partial charge in [-0.3, -0.25) is 9.59 Å². The third kappa shape index (κ3) is 69.4. The zero-order chi connectivity index (χ0) is 60.6. The van der Waals surface area contributed by atoms with E-state index in [2.05, 4.69) is 43.5 Å². The summed E-state index contributed by atoms with van der Waals surface area (Å²) in [4.78, 5) is 24.7. The molecule has 2 unspecified atom stereocenters. The second kappa shape index (κ2) is 73.8. The van der Waals surface area contributed by atoms with Crippen molar-refractivity contribution < 1.29 is 24.5 Å². The number of esters is 1. The number of ether oxygens (including phenoxy) is 1. The Morgan fingerprint density at radius 3 is 0.905 bits per heavy atom. The van der Waals surface area contributed by atoms with E-state index in [0.29, 0.717) is 25.9 Å². The predicted molar refractivity (Wildman–Crippen MR) is 370 cm³/mol. The van der Waals surface area contributed by atoms with Gasteiger partial charge in [-0.25, -0.2) is 0 Å². The number of allylic oxidation sites excluding steroid dienone is 4. The topological polar surface area (TPSA) is 95.9 Å². The van der Waals surface area contributed by atoms with Gasteiger partial charge >= 0.3 is 5.97 Å². The quantitative estimate of drug-likeness (QED) is 0.0320. The lowest BCUT2D eigenvalue weighted by molar-refractivity contribution is -0.143. The van der Waals surface area contributed by atoms with E-state index in [1.54, 1.807) is 0 Å². The lowest BCUT2D eigenvalue weighted by Crippen LogP contribution is -2.45.